The van der Waals surface area contributed by atoms with Gasteiger partial charge in [-0.3, -0.25) is 15.0 Å². The van der Waals surface area contributed by atoms with Gasteiger partial charge >= 0.3 is 0 Å². The summed E-state index contributed by atoms with van der Waals surface area (Å²) in [4.78, 5) is 25.2. The number of benzene rings is 2. The molecule has 0 aliphatic heterocycles. The molecule has 2 N–H and O–H groups in total. The monoisotopic (exact) mass is 408 g/mol. The first-order valence-corrected chi connectivity index (χ1v) is 9.50. The molecule has 8 nitrogen and oxygen atoms in total. The Hall–Kier alpha value is -3.18. The van der Waals surface area contributed by atoms with Gasteiger partial charge in [-0.1, -0.05) is 24.3 Å². The number of sulfonamides is 1. The predicted molar refractivity (Wildman–Crippen MR) is 95.8 cm³/mol. The average Bonchev–Trinajstić information content (AvgIpc) is 2.66. The van der Waals surface area contributed by atoms with Crippen molar-refractivity contribution >= 4 is 26.7 Å². The molecule has 1 heterocycles. The maximum Gasteiger partial charge on any atom is 0.287 e. The van der Waals surface area contributed by atoms with E-state index >= 15 is 0 Å². The SMILES string of the molecule is CCn1nc(C(=O)NNS(=O)(=O)c2c(F)cccc2F)c2ccccc2c1=O. The highest BCUT2D eigenvalue weighted by molar-refractivity contribution is 7.89. The van der Waals surface area contributed by atoms with Crippen molar-refractivity contribution in [2.24, 2.45) is 0 Å². The van der Waals surface area contributed by atoms with E-state index in [9.17, 15) is 26.8 Å². The molecule has 0 saturated carbocycles. The number of fused-ring (bicyclic) bond motifs is 1. The smallest absolute Gasteiger partial charge is 0.272 e. The molecule has 146 valence electrons. The third-order valence-electron chi connectivity index (χ3n) is 3.87. The lowest BCUT2D eigenvalue weighted by molar-refractivity contribution is 0.0939. The second-order valence-corrected chi connectivity index (χ2v) is 7.24. The molecule has 2 aromatic carbocycles. The predicted octanol–water partition coefficient (Wildman–Crippen LogP) is 1.32. The molecule has 1 aromatic heterocycles. The third-order valence-corrected chi connectivity index (χ3v) is 5.17. The molecule has 0 atom stereocenters. The van der Waals surface area contributed by atoms with Crippen LogP contribution in [-0.2, 0) is 16.6 Å². The number of hydrazine groups is 1. The Morgan fingerprint density at radius 1 is 1.07 bits per heavy atom. The van der Waals surface area contributed by atoms with Gasteiger partial charge in [-0.05, 0) is 25.1 Å². The van der Waals surface area contributed by atoms with Crippen molar-refractivity contribution in [3.8, 4) is 0 Å². The van der Waals surface area contributed by atoms with Crippen molar-refractivity contribution in [2.45, 2.75) is 18.4 Å². The molecule has 0 radical (unpaired) electrons. The van der Waals surface area contributed by atoms with Crippen molar-refractivity contribution in [3.63, 3.8) is 0 Å². The van der Waals surface area contributed by atoms with E-state index in [-0.39, 0.29) is 23.0 Å². The highest BCUT2D eigenvalue weighted by Crippen LogP contribution is 2.18. The zero-order valence-corrected chi connectivity index (χ0v) is 15.3. The molecule has 0 spiro atoms. The number of nitrogens with zero attached hydrogens (tertiary/aromatic N) is 2. The van der Waals surface area contributed by atoms with Gasteiger partial charge in [-0.25, -0.2) is 21.9 Å². The molecule has 0 bridgehead atoms. The highest BCUT2D eigenvalue weighted by Gasteiger charge is 2.25. The second kappa shape index (κ2) is 7.44. The zero-order valence-electron chi connectivity index (χ0n) is 14.4. The summed E-state index contributed by atoms with van der Waals surface area (Å²) >= 11 is 0. The fraction of sp³-hybridized carbons (Fsp3) is 0.118. The van der Waals surface area contributed by atoms with Gasteiger partial charge in [0.2, 0.25) is 0 Å². The number of aryl methyl sites for hydroxylation is 1. The van der Waals surface area contributed by atoms with Crippen LogP contribution in [0.3, 0.4) is 0 Å². The van der Waals surface area contributed by atoms with Crippen LogP contribution in [0.4, 0.5) is 8.78 Å². The van der Waals surface area contributed by atoms with Gasteiger partial charge in [0.25, 0.3) is 21.5 Å². The quantitative estimate of drug-likeness (QED) is 0.619. The first-order valence-electron chi connectivity index (χ1n) is 8.02. The number of amides is 1. The lowest BCUT2D eigenvalue weighted by Gasteiger charge is -2.12. The van der Waals surface area contributed by atoms with Gasteiger partial charge in [0, 0.05) is 11.9 Å². The van der Waals surface area contributed by atoms with E-state index in [1.165, 1.54) is 12.1 Å². The van der Waals surface area contributed by atoms with Crippen molar-refractivity contribution < 1.29 is 22.0 Å². The van der Waals surface area contributed by atoms with Crippen LogP contribution in [0, 0.1) is 11.6 Å². The Kier molecular flexibility index (Phi) is 5.21. The first kappa shape index (κ1) is 19.6. The van der Waals surface area contributed by atoms with Crippen LogP contribution in [0.25, 0.3) is 10.8 Å². The Bertz CT molecular complexity index is 1220. The Labute approximate surface area is 157 Å². The Morgan fingerprint density at radius 2 is 1.68 bits per heavy atom. The summed E-state index contributed by atoms with van der Waals surface area (Å²) in [6.45, 7) is 1.82. The van der Waals surface area contributed by atoms with Gasteiger partial charge < -0.3 is 0 Å². The van der Waals surface area contributed by atoms with Gasteiger partial charge in [-0.15, -0.1) is 4.83 Å². The molecule has 1 amide bonds. The van der Waals surface area contributed by atoms with Gasteiger partial charge in [0.05, 0.1) is 5.39 Å². The summed E-state index contributed by atoms with van der Waals surface area (Å²) in [5.74, 6) is -3.63. The van der Waals surface area contributed by atoms with Crippen molar-refractivity contribution in [3.05, 3.63) is 70.1 Å². The minimum Gasteiger partial charge on any atom is -0.272 e. The van der Waals surface area contributed by atoms with Gasteiger partial charge in [0.15, 0.2) is 10.6 Å². The van der Waals surface area contributed by atoms with Crippen molar-refractivity contribution in [1.82, 2.24) is 20.0 Å². The van der Waals surface area contributed by atoms with Crippen LogP contribution in [0.15, 0.2) is 52.2 Å². The van der Waals surface area contributed by atoms with E-state index in [1.54, 1.807) is 23.9 Å². The number of hydrogen-bond acceptors (Lipinski definition) is 5. The van der Waals surface area contributed by atoms with Crippen LogP contribution >= 0.6 is 0 Å². The number of nitrogens with one attached hydrogen (secondary N) is 2. The minimum absolute atomic E-state index is 0.177. The molecule has 0 saturated heterocycles. The van der Waals surface area contributed by atoms with Gasteiger partial charge in [-0.2, -0.15) is 5.10 Å². The number of carbonyl (C=O) groups is 1. The van der Waals surface area contributed by atoms with Crippen LogP contribution < -0.4 is 15.8 Å². The summed E-state index contributed by atoms with van der Waals surface area (Å²) < 4.78 is 52.8. The number of aromatic nitrogens is 2. The molecular formula is C17H14F2N4O4S. The number of hydrogen-bond donors (Lipinski definition) is 2. The lowest BCUT2D eigenvalue weighted by atomic mass is 10.1. The minimum atomic E-state index is -4.73. The van der Waals surface area contributed by atoms with E-state index in [0.717, 1.165) is 22.9 Å². The van der Waals surface area contributed by atoms with Crippen LogP contribution in [0.1, 0.15) is 17.4 Å². The summed E-state index contributed by atoms with van der Waals surface area (Å²) in [6, 6.07) is 8.71. The number of carbonyl (C=O) groups excluding carboxylic acids is 1. The van der Waals surface area contributed by atoms with Crippen molar-refractivity contribution in [1.29, 1.82) is 0 Å². The van der Waals surface area contributed by atoms with Crippen LogP contribution in [0.2, 0.25) is 0 Å². The van der Waals surface area contributed by atoms with E-state index in [2.05, 4.69) is 5.10 Å². The van der Waals surface area contributed by atoms with E-state index in [1.807, 2.05) is 5.43 Å². The zero-order chi connectivity index (χ0) is 20.5. The fourth-order valence-electron chi connectivity index (χ4n) is 2.58. The maximum atomic E-state index is 13.7. The molecule has 3 rings (SSSR count). The molecule has 28 heavy (non-hydrogen) atoms. The highest BCUT2D eigenvalue weighted by atomic mass is 32.2. The molecule has 0 unspecified atom stereocenters. The molecular weight excluding hydrogens is 394 g/mol. The standard InChI is InChI=1S/C17H14F2N4O4S/c1-2-23-17(25)11-7-4-3-6-10(11)14(21-23)16(24)20-22-28(26,27)15-12(18)8-5-9-13(15)19/h3-9,22H,2H2,1H3,(H,20,24). The lowest BCUT2D eigenvalue weighted by Crippen LogP contribution is -2.43. The fourth-order valence-corrected chi connectivity index (χ4v) is 3.56. The first-order chi connectivity index (χ1) is 13.3. The van der Waals surface area contributed by atoms with Crippen LogP contribution in [-0.4, -0.2) is 24.1 Å². The van der Waals surface area contributed by atoms with E-state index < -0.39 is 38.0 Å². The number of rotatable bonds is 5. The summed E-state index contributed by atoms with van der Waals surface area (Å²) in [5.41, 5.74) is 1.23. The Morgan fingerprint density at radius 3 is 2.29 bits per heavy atom. The summed E-state index contributed by atoms with van der Waals surface area (Å²) in [7, 11) is -4.73. The van der Waals surface area contributed by atoms with E-state index in [0.29, 0.717) is 0 Å². The van der Waals surface area contributed by atoms with Crippen LogP contribution in [0.5, 0.6) is 0 Å². The van der Waals surface area contributed by atoms with E-state index in [4.69, 9.17) is 0 Å². The molecule has 0 aliphatic carbocycles. The molecule has 11 heteroatoms. The van der Waals surface area contributed by atoms with Crippen molar-refractivity contribution in [2.75, 3.05) is 0 Å². The second-order valence-electron chi connectivity index (χ2n) is 5.63. The molecule has 0 aliphatic rings. The average molecular weight is 408 g/mol. The number of halogens is 2. The molecule has 0 fully saturated rings. The largest absolute Gasteiger partial charge is 0.287 e. The third kappa shape index (κ3) is 3.49. The topological polar surface area (TPSA) is 110 Å². The molecule has 3 aromatic rings. The Balaban J connectivity index is 1.96. The maximum absolute atomic E-state index is 13.7. The van der Waals surface area contributed by atoms with Gasteiger partial charge in [0.1, 0.15) is 11.6 Å². The summed E-state index contributed by atoms with van der Waals surface area (Å²) in [5, 5.41) is 4.35. The summed E-state index contributed by atoms with van der Waals surface area (Å²) in [6.07, 6.45) is 0. The normalized spacial score (nSPS) is 11.5.